The summed E-state index contributed by atoms with van der Waals surface area (Å²) >= 11 is 0. The van der Waals surface area contributed by atoms with Crippen molar-refractivity contribution in [3.8, 4) is 5.75 Å². The summed E-state index contributed by atoms with van der Waals surface area (Å²) in [7, 11) is 1.68. The van der Waals surface area contributed by atoms with Crippen LogP contribution in [0.5, 0.6) is 5.75 Å². The molecule has 1 heterocycles. The Bertz CT molecular complexity index is 603. The fraction of sp³-hybridized carbons (Fsp3) is 0.632. The average molecular weight is 332 g/mol. The molecule has 1 aromatic carbocycles. The van der Waals surface area contributed by atoms with Crippen molar-refractivity contribution < 1.29 is 14.6 Å². The van der Waals surface area contributed by atoms with E-state index in [2.05, 4.69) is 11.0 Å². The van der Waals surface area contributed by atoms with Crippen molar-refractivity contribution in [1.82, 2.24) is 9.80 Å². The molecule has 1 N–H and O–H groups in total. The van der Waals surface area contributed by atoms with Crippen LogP contribution >= 0.6 is 0 Å². The zero-order chi connectivity index (χ0) is 17.3. The van der Waals surface area contributed by atoms with Gasteiger partial charge in [0.05, 0.1) is 18.6 Å². The van der Waals surface area contributed by atoms with E-state index in [0.717, 1.165) is 55.9 Å². The maximum atomic E-state index is 13.1. The largest absolute Gasteiger partial charge is 0.496 e. The lowest BCUT2D eigenvalue weighted by atomic mass is 9.92. The average Bonchev–Trinajstić information content (AvgIpc) is 3.36. The van der Waals surface area contributed by atoms with Gasteiger partial charge in [0.1, 0.15) is 5.75 Å². The fourth-order valence-electron chi connectivity index (χ4n) is 3.68. The van der Waals surface area contributed by atoms with Gasteiger partial charge in [0.25, 0.3) is 0 Å². The van der Waals surface area contributed by atoms with Crippen molar-refractivity contribution >= 4 is 5.91 Å². The van der Waals surface area contributed by atoms with Crippen LogP contribution in [0.25, 0.3) is 0 Å². The van der Waals surface area contributed by atoms with Gasteiger partial charge in [-0.25, -0.2) is 0 Å². The summed E-state index contributed by atoms with van der Waals surface area (Å²) in [6, 6.07) is 6.15. The third-order valence-electron chi connectivity index (χ3n) is 5.30. The van der Waals surface area contributed by atoms with Gasteiger partial charge in [-0.2, -0.15) is 0 Å². The molecule has 2 aliphatic rings. The highest BCUT2D eigenvalue weighted by molar-refractivity contribution is 5.91. The molecular formula is C19H28N2O3. The fourth-order valence-corrected chi connectivity index (χ4v) is 3.68. The second-order valence-corrected chi connectivity index (χ2v) is 7.21. The van der Waals surface area contributed by atoms with E-state index in [1.54, 1.807) is 7.11 Å². The molecule has 132 valence electrons. The van der Waals surface area contributed by atoms with Crippen molar-refractivity contribution in [2.75, 3.05) is 39.8 Å². The number of carbonyl (C=O) groups is 1. The molecule has 1 saturated heterocycles. The van der Waals surface area contributed by atoms with Gasteiger partial charge in [-0.15, -0.1) is 0 Å². The number of nitrogens with zero attached hydrogens (tertiary/aromatic N) is 2. The molecule has 1 amide bonds. The van der Waals surface area contributed by atoms with Gasteiger partial charge < -0.3 is 14.7 Å². The van der Waals surface area contributed by atoms with Crippen LogP contribution in [0, 0.1) is 6.92 Å². The summed E-state index contributed by atoms with van der Waals surface area (Å²) in [4.78, 5) is 17.3. The van der Waals surface area contributed by atoms with E-state index in [9.17, 15) is 9.90 Å². The number of rotatable bonds is 5. The topological polar surface area (TPSA) is 53.0 Å². The Kier molecular flexibility index (Phi) is 4.83. The normalized spacial score (nSPS) is 21.4. The van der Waals surface area contributed by atoms with Gasteiger partial charge in [-0.1, -0.05) is 12.1 Å². The Balaban J connectivity index is 1.69. The molecule has 0 spiro atoms. The van der Waals surface area contributed by atoms with Crippen molar-refractivity contribution in [2.24, 2.45) is 0 Å². The van der Waals surface area contributed by atoms with E-state index in [1.165, 1.54) is 0 Å². The Morgan fingerprint density at radius 3 is 2.50 bits per heavy atom. The van der Waals surface area contributed by atoms with Gasteiger partial charge in [0.2, 0.25) is 5.91 Å². The lowest BCUT2D eigenvalue weighted by Crippen LogP contribution is -2.52. The molecule has 5 nitrogen and oxygen atoms in total. The Morgan fingerprint density at radius 1 is 1.29 bits per heavy atom. The molecule has 0 radical (unpaired) electrons. The van der Waals surface area contributed by atoms with E-state index in [1.807, 2.05) is 30.9 Å². The number of piperazine rings is 1. The van der Waals surface area contributed by atoms with Crippen LogP contribution in [0.15, 0.2) is 18.2 Å². The van der Waals surface area contributed by atoms with Crippen LogP contribution in [-0.4, -0.2) is 66.8 Å². The number of hydrogen-bond donors (Lipinski definition) is 1. The van der Waals surface area contributed by atoms with Crippen LogP contribution < -0.4 is 4.74 Å². The van der Waals surface area contributed by atoms with E-state index in [-0.39, 0.29) is 17.4 Å². The summed E-state index contributed by atoms with van der Waals surface area (Å²) in [6.45, 7) is 7.68. The molecule has 1 saturated carbocycles. The van der Waals surface area contributed by atoms with E-state index >= 15 is 0 Å². The minimum atomic E-state index is -0.340. The van der Waals surface area contributed by atoms with Crippen LogP contribution in [-0.2, 0) is 10.2 Å². The molecular weight excluding hydrogens is 304 g/mol. The molecule has 0 aromatic heterocycles. The smallest absolute Gasteiger partial charge is 0.233 e. The number of amides is 1. The van der Waals surface area contributed by atoms with E-state index < -0.39 is 0 Å². The second kappa shape index (κ2) is 6.73. The van der Waals surface area contributed by atoms with Crippen molar-refractivity contribution in [1.29, 1.82) is 0 Å². The maximum absolute atomic E-state index is 13.1. The Labute approximate surface area is 144 Å². The highest BCUT2D eigenvalue weighted by Crippen LogP contribution is 2.50. The van der Waals surface area contributed by atoms with Crippen LogP contribution in [0.2, 0.25) is 0 Å². The van der Waals surface area contributed by atoms with Gasteiger partial charge in [0, 0.05) is 32.7 Å². The van der Waals surface area contributed by atoms with Crippen LogP contribution in [0.1, 0.15) is 30.9 Å². The molecule has 2 fully saturated rings. The van der Waals surface area contributed by atoms with Gasteiger partial charge in [-0.05, 0) is 43.9 Å². The summed E-state index contributed by atoms with van der Waals surface area (Å²) in [5.74, 6) is 1.11. The third kappa shape index (κ3) is 3.28. The third-order valence-corrected chi connectivity index (χ3v) is 5.30. The van der Waals surface area contributed by atoms with E-state index in [4.69, 9.17) is 4.74 Å². The summed E-state index contributed by atoms with van der Waals surface area (Å²) in [5.41, 5.74) is 1.84. The lowest BCUT2D eigenvalue weighted by Gasteiger charge is -2.37. The lowest BCUT2D eigenvalue weighted by molar-refractivity contribution is -0.135. The van der Waals surface area contributed by atoms with Crippen molar-refractivity contribution in [2.45, 2.75) is 38.2 Å². The number of benzene rings is 1. The first kappa shape index (κ1) is 17.2. The zero-order valence-corrected chi connectivity index (χ0v) is 14.9. The molecule has 0 unspecified atom stereocenters. The van der Waals surface area contributed by atoms with Crippen LogP contribution in [0.3, 0.4) is 0 Å². The first-order chi connectivity index (χ1) is 11.5. The molecule has 5 heteroatoms. The number of aryl methyl sites for hydroxylation is 1. The molecule has 1 aliphatic carbocycles. The number of methoxy groups -OCH3 is 1. The van der Waals surface area contributed by atoms with E-state index in [0.29, 0.717) is 6.54 Å². The SMILES string of the molecule is COc1cc(C2(C(=O)N3CCN(C[C@@H](C)O)CC3)CC2)ccc1C. The van der Waals surface area contributed by atoms with Gasteiger partial charge >= 0.3 is 0 Å². The number of β-amino-alcohol motifs (C(OH)–C–C–N with tert-alkyl or cyclic N) is 1. The summed E-state index contributed by atoms with van der Waals surface area (Å²) < 4.78 is 5.43. The standard InChI is InChI=1S/C19H28N2O3/c1-14-4-5-16(12-17(14)24-3)19(6-7-19)18(23)21-10-8-20(9-11-21)13-15(2)22/h4-5,12,15,22H,6-11,13H2,1-3H3/t15-/m1/s1. The van der Waals surface area contributed by atoms with Crippen LogP contribution in [0.4, 0.5) is 0 Å². The molecule has 1 aliphatic heterocycles. The van der Waals surface area contributed by atoms with Gasteiger partial charge in [-0.3, -0.25) is 9.69 Å². The van der Waals surface area contributed by atoms with Crippen molar-refractivity contribution in [3.05, 3.63) is 29.3 Å². The zero-order valence-electron chi connectivity index (χ0n) is 14.9. The minimum Gasteiger partial charge on any atom is -0.496 e. The number of aliphatic hydroxyl groups excluding tert-OH is 1. The molecule has 1 aromatic rings. The minimum absolute atomic E-state index is 0.255. The number of aliphatic hydroxyl groups is 1. The first-order valence-electron chi connectivity index (χ1n) is 8.81. The highest BCUT2D eigenvalue weighted by Gasteiger charge is 2.53. The van der Waals surface area contributed by atoms with Gasteiger partial charge in [0.15, 0.2) is 0 Å². The quantitative estimate of drug-likeness (QED) is 0.889. The molecule has 1 atom stereocenters. The number of hydrogen-bond acceptors (Lipinski definition) is 4. The number of ether oxygens (including phenoxy) is 1. The summed E-state index contributed by atoms with van der Waals surface area (Å²) in [6.07, 6.45) is 1.53. The predicted octanol–water partition coefficient (Wildman–Crippen LogP) is 1.56. The second-order valence-electron chi connectivity index (χ2n) is 7.21. The number of carbonyl (C=O) groups excluding carboxylic acids is 1. The summed E-state index contributed by atoms with van der Waals surface area (Å²) in [5, 5.41) is 9.51. The monoisotopic (exact) mass is 332 g/mol. The Hall–Kier alpha value is -1.59. The molecule has 3 rings (SSSR count). The molecule has 0 bridgehead atoms. The maximum Gasteiger partial charge on any atom is 0.233 e. The first-order valence-corrected chi connectivity index (χ1v) is 8.81. The predicted molar refractivity (Wildman–Crippen MR) is 93.3 cm³/mol. The van der Waals surface area contributed by atoms with Crippen molar-refractivity contribution in [3.63, 3.8) is 0 Å². The molecule has 24 heavy (non-hydrogen) atoms. The Morgan fingerprint density at radius 2 is 1.96 bits per heavy atom. The highest BCUT2D eigenvalue weighted by atomic mass is 16.5.